The summed E-state index contributed by atoms with van der Waals surface area (Å²) in [5, 5.41) is 13.1. The van der Waals surface area contributed by atoms with Gasteiger partial charge in [0.25, 0.3) is 0 Å². The Morgan fingerprint density at radius 1 is 1.32 bits per heavy atom. The van der Waals surface area contributed by atoms with E-state index in [-0.39, 0.29) is 5.56 Å². The first kappa shape index (κ1) is 13.3. The Balaban J connectivity index is 2.09. The maximum Gasteiger partial charge on any atom is 0.339 e. The van der Waals surface area contributed by atoms with E-state index in [1.54, 1.807) is 11.7 Å². The van der Waals surface area contributed by atoms with Crippen molar-refractivity contribution in [2.45, 2.75) is 13.1 Å². The van der Waals surface area contributed by atoms with Gasteiger partial charge in [0.15, 0.2) is 0 Å². The predicted molar refractivity (Wildman–Crippen MR) is 71.8 cm³/mol. The maximum absolute atomic E-state index is 11.1. The minimum Gasteiger partial charge on any atom is -0.478 e. The van der Waals surface area contributed by atoms with Crippen LogP contribution in [-0.4, -0.2) is 32.8 Å². The van der Waals surface area contributed by atoms with Crippen molar-refractivity contribution in [2.24, 2.45) is 7.05 Å². The summed E-state index contributed by atoms with van der Waals surface area (Å²) in [5.74, 6) is -0.934. The molecule has 0 aliphatic heterocycles. The number of nitrogens with zero attached hydrogens (tertiary/aromatic N) is 3. The number of hydrogen-bond acceptors (Lipinski definition) is 3. The Morgan fingerprint density at radius 2 is 2.00 bits per heavy atom. The molecule has 0 bridgehead atoms. The predicted octanol–water partition coefficient (Wildman–Crippen LogP) is 1.75. The van der Waals surface area contributed by atoms with Gasteiger partial charge in [-0.1, -0.05) is 30.3 Å². The summed E-state index contributed by atoms with van der Waals surface area (Å²) in [7, 11) is 3.73. The van der Waals surface area contributed by atoms with E-state index in [9.17, 15) is 4.79 Å². The number of hydrogen-bond donors (Lipinski definition) is 1. The number of carboxylic acid groups (broad SMARTS) is 1. The largest absolute Gasteiger partial charge is 0.478 e. The Bertz CT molecular complexity index is 563. The number of carboxylic acids is 1. The zero-order valence-electron chi connectivity index (χ0n) is 11.1. The summed E-state index contributed by atoms with van der Waals surface area (Å²) in [6, 6.07) is 10.1. The standard InChI is InChI=1S/C14H17N3O2/c1-16(9-11-6-4-3-5-7-11)10-13-12(14(18)19)8-15-17(13)2/h3-8H,9-10H2,1-2H3,(H,18,19). The van der Waals surface area contributed by atoms with Gasteiger partial charge in [-0.15, -0.1) is 0 Å². The van der Waals surface area contributed by atoms with Gasteiger partial charge in [0.05, 0.1) is 11.9 Å². The molecule has 1 heterocycles. The average Bonchev–Trinajstić information content (AvgIpc) is 2.72. The number of rotatable bonds is 5. The maximum atomic E-state index is 11.1. The molecule has 1 aromatic carbocycles. The van der Waals surface area contributed by atoms with Crippen LogP contribution in [0.15, 0.2) is 36.5 Å². The van der Waals surface area contributed by atoms with Crippen LogP contribution in [0.2, 0.25) is 0 Å². The van der Waals surface area contributed by atoms with Crippen LogP contribution in [-0.2, 0) is 20.1 Å². The lowest BCUT2D eigenvalue weighted by atomic mass is 10.2. The third-order valence-corrected chi connectivity index (χ3v) is 3.01. The molecule has 0 unspecified atom stereocenters. The zero-order valence-corrected chi connectivity index (χ0v) is 11.1. The fraction of sp³-hybridized carbons (Fsp3) is 0.286. The van der Waals surface area contributed by atoms with Gasteiger partial charge >= 0.3 is 5.97 Å². The van der Waals surface area contributed by atoms with Gasteiger partial charge in [-0.05, 0) is 12.6 Å². The normalized spacial score (nSPS) is 10.9. The summed E-state index contributed by atoms with van der Waals surface area (Å²) >= 11 is 0. The van der Waals surface area contributed by atoms with Crippen molar-refractivity contribution in [3.63, 3.8) is 0 Å². The molecule has 0 saturated carbocycles. The quantitative estimate of drug-likeness (QED) is 0.888. The van der Waals surface area contributed by atoms with Crippen LogP contribution in [0, 0.1) is 0 Å². The van der Waals surface area contributed by atoms with E-state index in [1.807, 2.05) is 25.2 Å². The molecule has 19 heavy (non-hydrogen) atoms. The lowest BCUT2D eigenvalue weighted by molar-refractivity contribution is 0.0694. The van der Waals surface area contributed by atoms with Crippen LogP contribution in [0.3, 0.4) is 0 Å². The lowest BCUT2D eigenvalue weighted by Crippen LogP contribution is -2.20. The van der Waals surface area contributed by atoms with Crippen LogP contribution in [0.25, 0.3) is 0 Å². The van der Waals surface area contributed by atoms with Crippen molar-refractivity contribution >= 4 is 5.97 Å². The molecule has 0 aliphatic rings. The highest BCUT2D eigenvalue weighted by atomic mass is 16.4. The molecule has 0 aliphatic carbocycles. The summed E-state index contributed by atoms with van der Waals surface area (Å²) in [4.78, 5) is 13.2. The Labute approximate surface area is 112 Å². The van der Waals surface area contributed by atoms with Gasteiger partial charge in [-0.2, -0.15) is 5.10 Å². The molecule has 2 aromatic rings. The number of benzene rings is 1. The molecule has 0 radical (unpaired) electrons. The van der Waals surface area contributed by atoms with Gasteiger partial charge < -0.3 is 5.11 Å². The summed E-state index contributed by atoms with van der Waals surface area (Å²) < 4.78 is 1.62. The van der Waals surface area contributed by atoms with E-state index < -0.39 is 5.97 Å². The lowest BCUT2D eigenvalue weighted by Gasteiger charge is -2.17. The smallest absolute Gasteiger partial charge is 0.339 e. The minimum absolute atomic E-state index is 0.266. The molecule has 2 rings (SSSR count). The fourth-order valence-electron chi connectivity index (χ4n) is 2.04. The topological polar surface area (TPSA) is 58.4 Å². The van der Waals surface area contributed by atoms with Crippen LogP contribution >= 0.6 is 0 Å². The SMILES string of the molecule is CN(Cc1ccccc1)Cc1c(C(=O)O)cnn1C. The average molecular weight is 259 g/mol. The molecule has 0 atom stereocenters. The van der Waals surface area contributed by atoms with E-state index in [2.05, 4.69) is 22.1 Å². The van der Waals surface area contributed by atoms with Crippen LogP contribution in [0.1, 0.15) is 21.6 Å². The highest BCUT2D eigenvalue weighted by Crippen LogP contribution is 2.12. The number of aromatic carboxylic acids is 1. The van der Waals surface area contributed by atoms with Gasteiger partial charge in [-0.3, -0.25) is 9.58 Å². The highest BCUT2D eigenvalue weighted by Gasteiger charge is 2.16. The third-order valence-electron chi connectivity index (χ3n) is 3.01. The first-order chi connectivity index (χ1) is 9.08. The third kappa shape index (κ3) is 3.20. The number of carbonyl (C=O) groups is 1. The fourth-order valence-corrected chi connectivity index (χ4v) is 2.04. The molecule has 0 saturated heterocycles. The van der Waals surface area contributed by atoms with Gasteiger partial charge in [0.2, 0.25) is 0 Å². The first-order valence-corrected chi connectivity index (χ1v) is 6.04. The molecular formula is C14H17N3O2. The van der Waals surface area contributed by atoms with Gasteiger partial charge in [-0.25, -0.2) is 4.79 Å². The first-order valence-electron chi connectivity index (χ1n) is 6.04. The Kier molecular flexibility index (Phi) is 3.97. The van der Waals surface area contributed by atoms with Crippen LogP contribution in [0.4, 0.5) is 0 Å². The van der Waals surface area contributed by atoms with Gasteiger partial charge in [0, 0.05) is 20.1 Å². The van der Waals surface area contributed by atoms with E-state index in [0.29, 0.717) is 12.2 Å². The monoisotopic (exact) mass is 259 g/mol. The molecule has 1 N–H and O–H groups in total. The molecule has 5 nitrogen and oxygen atoms in total. The molecule has 0 amide bonds. The second kappa shape index (κ2) is 5.67. The highest BCUT2D eigenvalue weighted by molar-refractivity contribution is 5.88. The van der Waals surface area contributed by atoms with Crippen molar-refractivity contribution < 1.29 is 9.90 Å². The van der Waals surface area contributed by atoms with Crippen LogP contribution in [0.5, 0.6) is 0 Å². The van der Waals surface area contributed by atoms with Crippen molar-refractivity contribution in [2.75, 3.05) is 7.05 Å². The number of aromatic nitrogens is 2. The van der Waals surface area contributed by atoms with Crippen molar-refractivity contribution in [3.8, 4) is 0 Å². The second-order valence-electron chi connectivity index (χ2n) is 4.59. The summed E-state index contributed by atoms with van der Waals surface area (Å²) in [6.45, 7) is 1.32. The number of aryl methyl sites for hydroxylation is 1. The van der Waals surface area contributed by atoms with Crippen molar-refractivity contribution in [3.05, 3.63) is 53.3 Å². The van der Waals surface area contributed by atoms with Crippen LogP contribution < -0.4 is 0 Å². The van der Waals surface area contributed by atoms with Crippen molar-refractivity contribution in [1.29, 1.82) is 0 Å². The van der Waals surface area contributed by atoms with Crippen molar-refractivity contribution in [1.82, 2.24) is 14.7 Å². The second-order valence-corrected chi connectivity index (χ2v) is 4.59. The zero-order chi connectivity index (χ0) is 13.8. The molecular weight excluding hydrogens is 242 g/mol. The van der Waals surface area contributed by atoms with E-state index in [0.717, 1.165) is 6.54 Å². The molecule has 0 spiro atoms. The summed E-state index contributed by atoms with van der Waals surface area (Å²) in [6.07, 6.45) is 1.40. The molecule has 100 valence electrons. The Morgan fingerprint density at radius 3 is 2.63 bits per heavy atom. The Hall–Kier alpha value is -2.14. The summed E-state index contributed by atoms with van der Waals surface area (Å²) in [5.41, 5.74) is 2.18. The minimum atomic E-state index is -0.934. The van der Waals surface area contributed by atoms with Gasteiger partial charge in [0.1, 0.15) is 5.56 Å². The molecule has 1 aromatic heterocycles. The van der Waals surface area contributed by atoms with E-state index in [1.165, 1.54) is 11.8 Å². The molecule has 5 heteroatoms. The molecule has 0 fully saturated rings. The van der Waals surface area contributed by atoms with E-state index >= 15 is 0 Å². The van der Waals surface area contributed by atoms with E-state index in [4.69, 9.17) is 5.11 Å².